The van der Waals surface area contributed by atoms with E-state index >= 15 is 0 Å². The molecule has 110 valence electrons. The summed E-state index contributed by atoms with van der Waals surface area (Å²) in [7, 11) is 0. The number of aryl methyl sites for hydroxylation is 2. The summed E-state index contributed by atoms with van der Waals surface area (Å²) in [6, 6.07) is 6.28. The van der Waals surface area contributed by atoms with Crippen molar-refractivity contribution < 1.29 is 9.53 Å². The second-order valence-corrected chi connectivity index (χ2v) is 5.71. The molecule has 1 saturated heterocycles. The largest absolute Gasteiger partial charge is 0.381 e. The van der Waals surface area contributed by atoms with Gasteiger partial charge in [0.25, 0.3) is 0 Å². The van der Waals surface area contributed by atoms with Gasteiger partial charge in [0.2, 0.25) is 5.91 Å². The van der Waals surface area contributed by atoms with Crippen molar-refractivity contribution in [1.82, 2.24) is 5.32 Å². The Bertz CT molecular complexity index is 479. The third kappa shape index (κ3) is 3.19. The van der Waals surface area contributed by atoms with Crippen LogP contribution in [0.5, 0.6) is 0 Å². The molecule has 1 aliphatic rings. The lowest BCUT2D eigenvalue weighted by molar-refractivity contribution is -0.136. The molecule has 4 heteroatoms. The minimum Gasteiger partial charge on any atom is -0.381 e. The molecular formula is C16H24N2O2. The minimum absolute atomic E-state index is 0.0586. The lowest BCUT2D eigenvalue weighted by Crippen LogP contribution is -2.49. The van der Waals surface area contributed by atoms with E-state index in [1.165, 1.54) is 11.1 Å². The van der Waals surface area contributed by atoms with E-state index in [9.17, 15) is 4.79 Å². The second kappa shape index (κ2) is 6.37. The number of carbonyl (C=O) groups is 1. The van der Waals surface area contributed by atoms with E-state index in [4.69, 9.17) is 10.5 Å². The lowest BCUT2D eigenvalue weighted by atomic mass is 9.79. The van der Waals surface area contributed by atoms with E-state index in [-0.39, 0.29) is 5.91 Å². The number of nitrogens with two attached hydrogens (primary N) is 1. The van der Waals surface area contributed by atoms with E-state index in [2.05, 4.69) is 37.4 Å². The van der Waals surface area contributed by atoms with Gasteiger partial charge in [-0.05, 0) is 37.8 Å². The number of amides is 1. The van der Waals surface area contributed by atoms with Crippen LogP contribution in [0.15, 0.2) is 18.2 Å². The summed E-state index contributed by atoms with van der Waals surface area (Å²) in [5, 5.41) is 3.05. The number of nitrogens with one attached hydrogen (secondary N) is 1. The van der Waals surface area contributed by atoms with Gasteiger partial charge in [-0.2, -0.15) is 0 Å². The molecule has 20 heavy (non-hydrogen) atoms. The molecule has 1 heterocycles. The average Bonchev–Trinajstić information content (AvgIpc) is 2.46. The third-order valence-corrected chi connectivity index (χ3v) is 4.26. The molecule has 0 spiro atoms. The van der Waals surface area contributed by atoms with E-state index < -0.39 is 5.41 Å². The van der Waals surface area contributed by atoms with Gasteiger partial charge in [0.05, 0.1) is 5.41 Å². The van der Waals surface area contributed by atoms with Crippen molar-refractivity contribution in [2.24, 2.45) is 11.1 Å². The van der Waals surface area contributed by atoms with E-state index in [0.29, 0.717) is 39.1 Å². The SMILES string of the molecule is Cc1ccc(CNC(=O)C2(CN)CCOCC2)c(C)c1. The number of rotatable bonds is 4. The van der Waals surface area contributed by atoms with Crippen LogP contribution in [0.2, 0.25) is 0 Å². The van der Waals surface area contributed by atoms with Crippen LogP contribution >= 0.6 is 0 Å². The van der Waals surface area contributed by atoms with Crippen molar-refractivity contribution in [3.63, 3.8) is 0 Å². The first-order valence-electron chi connectivity index (χ1n) is 7.20. The van der Waals surface area contributed by atoms with Crippen LogP contribution in [0, 0.1) is 19.3 Å². The fourth-order valence-corrected chi connectivity index (χ4v) is 2.69. The first-order valence-corrected chi connectivity index (χ1v) is 7.20. The highest BCUT2D eigenvalue weighted by Crippen LogP contribution is 2.29. The zero-order chi connectivity index (χ0) is 14.6. The predicted octanol–water partition coefficient (Wildman–Crippen LogP) is 1.68. The summed E-state index contributed by atoms with van der Waals surface area (Å²) >= 11 is 0. The molecule has 1 amide bonds. The predicted molar refractivity (Wildman–Crippen MR) is 79.3 cm³/mol. The number of ether oxygens (including phenoxy) is 1. The van der Waals surface area contributed by atoms with Gasteiger partial charge in [0.1, 0.15) is 0 Å². The van der Waals surface area contributed by atoms with Crippen molar-refractivity contribution in [2.75, 3.05) is 19.8 Å². The number of hydrogen-bond acceptors (Lipinski definition) is 3. The van der Waals surface area contributed by atoms with Gasteiger partial charge in [-0.1, -0.05) is 23.8 Å². The zero-order valence-electron chi connectivity index (χ0n) is 12.4. The van der Waals surface area contributed by atoms with E-state index in [1.54, 1.807) is 0 Å². The molecule has 1 aromatic carbocycles. The molecular weight excluding hydrogens is 252 g/mol. The molecule has 0 saturated carbocycles. The van der Waals surface area contributed by atoms with Crippen molar-refractivity contribution >= 4 is 5.91 Å². The molecule has 0 aromatic heterocycles. The topological polar surface area (TPSA) is 64.4 Å². The fraction of sp³-hybridized carbons (Fsp3) is 0.562. The van der Waals surface area contributed by atoms with Gasteiger partial charge in [-0.25, -0.2) is 0 Å². The summed E-state index contributed by atoms with van der Waals surface area (Å²) in [4.78, 5) is 12.5. The normalized spacial score (nSPS) is 17.8. The van der Waals surface area contributed by atoms with Crippen molar-refractivity contribution in [1.29, 1.82) is 0 Å². The van der Waals surface area contributed by atoms with Gasteiger partial charge in [0.15, 0.2) is 0 Å². The van der Waals surface area contributed by atoms with Crippen molar-refractivity contribution in [3.8, 4) is 0 Å². The highest BCUT2D eigenvalue weighted by molar-refractivity contribution is 5.83. The maximum Gasteiger partial charge on any atom is 0.227 e. The molecule has 0 unspecified atom stereocenters. The Morgan fingerprint density at radius 2 is 2.05 bits per heavy atom. The molecule has 0 aliphatic carbocycles. The molecule has 4 nitrogen and oxygen atoms in total. The average molecular weight is 276 g/mol. The summed E-state index contributed by atoms with van der Waals surface area (Å²) < 4.78 is 5.34. The lowest BCUT2D eigenvalue weighted by Gasteiger charge is -2.34. The Labute approximate surface area is 120 Å². The number of hydrogen-bond donors (Lipinski definition) is 2. The smallest absolute Gasteiger partial charge is 0.227 e. The second-order valence-electron chi connectivity index (χ2n) is 5.71. The summed E-state index contributed by atoms with van der Waals surface area (Å²) in [6.45, 7) is 6.33. The maximum absolute atomic E-state index is 12.5. The Balaban J connectivity index is 2.00. The monoisotopic (exact) mass is 276 g/mol. The first-order chi connectivity index (χ1) is 9.57. The Morgan fingerprint density at radius 3 is 2.65 bits per heavy atom. The molecule has 3 N–H and O–H groups in total. The standard InChI is InChI=1S/C16H24N2O2/c1-12-3-4-14(13(2)9-12)10-18-15(19)16(11-17)5-7-20-8-6-16/h3-4,9H,5-8,10-11,17H2,1-2H3,(H,18,19). The van der Waals surface area contributed by atoms with Crippen LogP contribution in [-0.4, -0.2) is 25.7 Å². The molecule has 2 rings (SSSR count). The number of benzene rings is 1. The van der Waals surface area contributed by atoms with Crippen molar-refractivity contribution in [2.45, 2.75) is 33.2 Å². The van der Waals surface area contributed by atoms with Gasteiger partial charge >= 0.3 is 0 Å². The summed E-state index contributed by atoms with van der Waals surface area (Å²) in [6.07, 6.45) is 1.42. The molecule has 1 aromatic rings. The maximum atomic E-state index is 12.5. The molecule has 0 radical (unpaired) electrons. The number of carbonyl (C=O) groups excluding carboxylic acids is 1. The van der Waals surface area contributed by atoms with Gasteiger partial charge < -0.3 is 15.8 Å². The molecule has 0 bridgehead atoms. The van der Waals surface area contributed by atoms with Crippen molar-refractivity contribution in [3.05, 3.63) is 34.9 Å². The van der Waals surface area contributed by atoms with Gasteiger partial charge in [0, 0.05) is 26.3 Å². The van der Waals surface area contributed by atoms with Crippen LogP contribution in [0.3, 0.4) is 0 Å². The van der Waals surface area contributed by atoms with Gasteiger partial charge in [-0.15, -0.1) is 0 Å². The molecule has 0 atom stereocenters. The quantitative estimate of drug-likeness (QED) is 0.879. The van der Waals surface area contributed by atoms with Crippen LogP contribution in [0.1, 0.15) is 29.5 Å². The first kappa shape index (κ1) is 15.0. The summed E-state index contributed by atoms with van der Waals surface area (Å²) in [5.41, 5.74) is 8.99. The Morgan fingerprint density at radius 1 is 1.35 bits per heavy atom. The van der Waals surface area contributed by atoms with Crippen LogP contribution < -0.4 is 11.1 Å². The van der Waals surface area contributed by atoms with Crippen LogP contribution in [0.25, 0.3) is 0 Å². The molecule has 1 fully saturated rings. The molecule has 1 aliphatic heterocycles. The minimum atomic E-state index is -0.448. The van der Waals surface area contributed by atoms with E-state index in [0.717, 1.165) is 5.56 Å². The highest BCUT2D eigenvalue weighted by atomic mass is 16.5. The van der Waals surface area contributed by atoms with Crippen LogP contribution in [0.4, 0.5) is 0 Å². The van der Waals surface area contributed by atoms with Crippen LogP contribution in [-0.2, 0) is 16.1 Å². The Kier molecular flexibility index (Phi) is 4.78. The Hall–Kier alpha value is -1.39. The highest BCUT2D eigenvalue weighted by Gasteiger charge is 2.38. The zero-order valence-corrected chi connectivity index (χ0v) is 12.4. The van der Waals surface area contributed by atoms with Gasteiger partial charge in [-0.3, -0.25) is 4.79 Å². The third-order valence-electron chi connectivity index (χ3n) is 4.26. The fourth-order valence-electron chi connectivity index (χ4n) is 2.69. The van der Waals surface area contributed by atoms with E-state index in [1.807, 2.05) is 0 Å². The summed E-state index contributed by atoms with van der Waals surface area (Å²) in [5.74, 6) is 0.0586.